The van der Waals surface area contributed by atoms with E-state index in [0.29, 0.717) is 0 Å². The Morgan fingerprint density at radius 2 is 1.89 bits per heavy atom. The fourth-order valence-corrected chi connectivity index (χ4v) is 3.16. The van der Waals surface area contributed by atoms with E-state index in [1.807, 2.05) is 4.72 Å². The Bertz CT molecular complexity index is 641. The highest BCUT2D eigenvalue weighted by Gasteiger charge is 2.18. The van der Waals surface area contributed by atoms with Crippen LogP contribution in [0, 0.1) is 0 Å². The molecule has 1 aromatic rings. The lowest BCUT2D eigenvalue weighted by Gasteiger charge is -2.08. The third-order valence-electron chi connectivity index (χ3n) is 1.90. The maximum absolute atomic E-state index is 11.8. The van der Waals surface area contributed by atoms with E-state index in [1.165, 1.54) is 12.1 Å². The summed E-state index contributed by atoms with van der Waals surface area (Å²) in [5.41, 5.74) is 5.64. The van der Waals surface area contributed by atoms with E-state index >= 15 is 0 Å². The van der Waals surface area contributed by atoms with Gasteiger partial charge in [-0.25, -0.2) is 13.1 Å². The number of nitrogens with two attached hydrogens (primary N) is 1. The van der Waals surface area contributed by atoms with Crippen LogP contribution in [-0.4, -0.2) is 33.7 Å². The van der Waals surface area contributed by atoms with Gasteiger partial charge in [0.2, 0.25) is 10.0 Å². The Balaban J connectivity index is 2.90. The van der Waals surface area contributed by atoms with Crippen LogP contribution in [0.25, 0.3) is 0 Å². The molecule has 0 atom stereocenters. The maximum atomic E-state index is 11.8. The molecular formula is C8H11ClN2O5S2. The number of halogens is 1. The van der Waals surface area contributed by atoms with E-state index in [9.17, 15) is 16.8 Å². The second-order valence-electron chi connectivity index (χ2n) is 3.37. The highest BCUT2D eigenvalue weighted by molar-refractivity contribution is 7.89. The quantitative estimate of drug-likeness (QED) is 0.522. The van der Waals surface area contributed by atoms with Crippen LogP contribution in [0.1, 0.15) is 0 Å². The summed E-state index contributed by atoms with van der Waals surface area (Å²) in [5, 5.41) is -0.0384. The molecule has 0 fully saturated rings. The molecule has 0 aromatic heterocycles. The van der Waals surface area contributed by atoms with Crippen LogP contribution in [0.5, 0.6) is 0 Å². The van der Waals surface area contributed by atoms with Gasteiger partial charge < -0.3 is 5.73 Å². The van der Waals surface area contributed by atoms with Crippen molar-refractivity contribution in [3.05, 3.63) is 23.2 Å². The highest BCUT2D eigenvalue weighted by Crippen LogP contribution is 2.23. The van der Waals surface area contributed by atoms with E-state index in [1.54, 1.807) is 0 Å². The number of sulfonamides is 1. The summed E-state index contributed by atoms with van der Waals surface area (Å²) in [4.78, 5) is -0.250. The van der Waals surface area contributed by atoms with Crippen molar-refractivity contribution < 1.29 is 21.4 Å². The second-order valence-corrected chi connectivity index (χ2v) is 7.09. The van der Waals surface area contributed by atoms with Crippen molar-refractivity contribution in [2.45, 2.75) is 4.90 Å². The first-order chi connectivity index (χ1) is 8.12. The molecule has 1 aromatic carbocycles. The zero-order valence-corrected chi connectivity index (χ0v) is 11.4. The minimum Gasteiger partial charge on any atom is -0.399 e. The molecule has 0 aliphatic heterocycles. The van der Waals surface area contributed by atoms with Crippen molar-refractivity contribution in [1.82, 2.24) is 4.72 Å². The second kappa shape index (κ2) is 5.41. The minimum atomic E-state index is -4.23. The van der Waals surface area contributed by atoms with Crippen LogP contribution in [0.2, 0.25) is 5.02 Å². The summed E-state index contributed by atoms with van der Waals surface area (Å²) < 4.78 is 54.9. The molecule has 102 valence electrons. The number of anilines is 1. The molecule has 0 saturated heterocycles. The van der Waals surface area contributed by atoms with Gasteiger partial charge in [-0.3, -0.25) is 4.55 Å². The number of hydrogen-bond acceptors (Lipinski definition) is 5. The molecule has 0 radical (unpaired) electrons. The van der Waals surface area contributed by atoms with Gasteiger partial charge in [0.05, 0.1) is 10.8 Å². The van der Waals surface area contributed by atoms with Crippen molar-refractivity contribution >= 4 is 37.4 Å². The molecule has 0 spiro atoms. The monoisotopic (exact) mass is 314 g/mol. The zero-order chi connectivity index (χ0) is 14.0. The van der Waals surface area contributed by atoms with Crippen LogP contribution in [0.3, 0.4) is 0 Å². The van der Waals surface area contributed by atoms with Gasteiger partial charge in [-0.1, -0.05) is 11.6 Å². The zero-order valence-electron chi connectivity index (χ0n) is 9.00. The third-order valence-corrected chi connectivity index (χ3v) is 4.56. The fourth-order valence-electron chi connectivity index (χ4n) is 1.11. The van der Waals surface area contributed by atoms with E-state index in [4.69, 9.17) is 21.9 Å². The van der Waals surface area contributed by atoms with Gasteiger partial charge in [-0.05, 0) is 18.2 Å². The summed E-state index contributed by atoms with van der Waals surface area (Å²) in [6, 6.07) is 3.89. The molecule has 0 unspecified atom stereocenters. The smallest absolute Gasteiger partial charge is 0.266 e. The molecule has 0 heterocycles. The van der Waals surface area contributed by atoms with Gasteiger partial charge in [-0.15, -0.1) is 0 Å². The van der Waals surface area contributed by atoms with Crippen molar-refractivity contribution in [3.63, 3.8) is 0 Å². The average molecular weight is 315 g/mol. The number of benzene rings is 1. The van der Waals surface area contributed by atoms with Gasteiger partial charge in [0.15, 0.2) is 0 Å². The van der Waals surface area contributed by atoms with E-state index < -0.39 is 32.4 Å². The highest BCUT2D eigenvalue weighted by atomic mass is 35.5. The first-order valence-corrected chi connectivity index (χ1v) is 8.09. The van der Waals surface area contributed by atoms with Crippen LogP contribution in [0.4, 0.5) is 5.69 Å². The molecular weight excluding hydrogens is 304 g/mol. The summed E-state index contributed by atoms with van der Waals surface area (Å²) in [7, 11) is -8.21. The van der Waals surface area contributed by atoms with Crippen molar-refractivity contribution in [2.75, 3.05) is 18.0 Å². The van der Waals surface area contributed by atoms with Gasteiger partial charge >= 0.3 is 0 Å². The molecule has 18 heavy (non-hydrogen) atoms. The predicted octanol–water partition coefficient (Wildman–Crippen LogP) is 0.0883. The Hall–Kier alpha value is -0.870. The van der Waals surface area contributed by atoms with Crippen LogP contribution in [0.15, 0.2) is 23.1 Å². The summed E-state index contributed by atoms with van der Waals surface area (Å²) in [5.74, 6) is -0.730. The van der Waals surface area contributed by atoms with Crippen molar-refractivity contribution in [3.8, 4) is 0 Å². The predicted molar refractivity (Wildman–Crippen MR) is 67.5 cm³/mol. The van der Waals surface area contributed by atoms with Gasteiger partial charge in [-0.2, -0.15) is 8.42 Å². The Morgan fingerprint density at radius 3 is 2.44 bits per heavy atom. The molecule has 0 aliphatic carbocycles. The van der Waals surface area contributed by atoms with E-state index in [-0.39, 0.29) is 15.6 Å². The Kier molecular flexibility index (Phi) is 4.56. The van der Waals surface area contributed by atoms with Crippen molar-refractivity contribution in [1.29, 1.82) is 0 Å². The maximum Gasteiger partial charge on any atom is 0.266 e. The Morgan fingerprint density at radius 1 is 1.28 bits per heavy atom. The molecule has 0 aliphatic rings. The molecule has 1 rings (SSSR count). The van der Waals surface area contributed by atoms with Crippen LogP contribution < -0.4 is 10.5 Å². The number of rotatable bonds is 5. The first-order valence-electron chi connectivity index (χ1n) is 4.62. The molecule has 4 N–H and O–H groups in total. The van der Waals surface area contributed by atoms with Crippen LogP contribution in [-0.2, 0) is 20.1 Å². The average Bonchev–Trinajstić information content (AvgIpc) is 2.19. The lowest BCUT2D eigenvalue weighted by atomic mass is 10.3. The summed E-state index contributed by atoms with van der Waals surface area (Å²) in [6.07, 6.45) is 0. The van der Waals surface area contributed by atoms with E-state index in [0.717, 1.165) is 6.07 Å². The molecule has 0 bridgehead atoms. The van der Waals surface area contributed by atoms with Crippen molar-refractivity contribution in [2.24, 2.45) is 0 Å². The van der Waals surface area contributed by atoms with Gasteiger partial charge in [0.25, 0.3) is 10.1 Å². The molecule has 0 saturated carbocycles. The molecule has 7 nitrogen and oxygen atoms in total. The standard InChI is InChI=1S/C8H11ClN2O5S2/c9-7-2-1-6(10)5-8(7)18(15,16)11-3-4-17(12,13)14/h1-2,5,11H,3-4,10H2,(H,12,13,14). The van der Waals surface area contributed by atoms with Gasteiger partial charge in [0, 0.05) is 12.2 Å². The molecule has 10 heteroatoms. The SMILES string of the molecule is Nc1ccc(Cl)c(S(=O)(=O)NCCS(=O)(=O)O)c1. The minimum absolute atomic E-state index is 0.0384. The lowest BCUT2D eigenvalue weighted by molar-refractivity contribution is 0.482. The third kappa shape index (κ3) is 4.42. The van der Waals surface area contributed by atoms with E-state index in [2.05, 4.69) is 0 Å². The lowest BCUT2D eigenvalue weighted by Crippen LogP contribution is -2.29. The number of nitrogen functional groups attached to an aromatic ring is 1. The summed E-state index contributed by atoms with van der Waals surface area (Å²) >= 11 is 5.71. The Labute approximate surface area is 110 Å². The summed E-state index contributed by atoms with van der Waals surface area (Å²) in [6.45, 7) is -0.466. The molecule has 0 amide bonds. The van der Waals surface area contributed by atoms with Gasteiger partial charge in [0.1, 0.15) is 4.90 Å². The van der Waals surface area contributed by atoms with Crippen LogP contribution >= 0.6 is 11.6 Å². The first kappa shape index (κ1) is 15.2. The number of hydrogen-bond donors (Lipinski definition) is 3. The topological polar surface area (TPSA) is 127 Å². The largest absolute Gasteiger partial charge is 0.399 e. The normalized spacial score (nSPS) is 12.6. The fraction of sp³-hybridized carbons (Fsp3) is 0.250. The number of nitrogens with one attached hydrogen (secondary N) is 1.